The average Bonchev–Trinajstić information content (AvgIpc) is 2.64. The predicted molar refractivity (Wildman–Crippen MR) is 57.9 cm³/mol. The first-order valence-electron chi connectivity index (χ1n) is 6.18. The van der Waals surface area contributed by atoms with E-state index < -0.39 is 12.7 Å². The molecule has 2 atom stereocenters. The lowest BCUT2D eigenvalue weighted by Crippen LogP contribution is -2.39. The van der Waals surface area contributed by atoms with Gasteiger partial charge in [0.1, 0.15) is 0 Å². The fourth-order valence-corrected chi connectivity index (χ4v) is 2.51. The second-order valence-corrected chi connectivity index (χ2v) is 4.87. The van der Waals surface area contributed by atoms with Crippen molar-refractivity contribution in [2.45, 2.75) is 37.6 Å². The van der Waals surface area contributed by atoms with E-state index in [1.165, 1.54) is 4.90 Å². The zero-order chi connectivity index (χ0) is 12.3. The van der Waals surface area contributed by atoms with Crippen LogP contribution in [0.5, 0.6) is 0 Å². The number of hydrogen-bond donors (Lipinski definition) is 1. The van der Waals surface area contributed by atoms with Gasteiger partial charge in [0.05, 0.1) is 18.8 Å². The Labute approximate surface area is 99.3 Å². The Morgan fingerprint density at radius 3 is 2.71 bits per heavy atom. The Morgan fingerprint density at radius 2 is 2.06 bits per heavy atom. The van der Waals surface area contributed by atoms with E-state index in [4.69, 9.17) is 4.74 Å². The summed E-state index contributed by atoms with van der Waals surface area (Å²) < 4.78 is 42.4. The van der Waals surface area contributed by atoms with Gasteiger partial charge in [-0.1, -0.05) is 0 Å². The van der Waals surface area contributed by atoms with Crippen LogP contribution >= 0.6 is 0 Å². The van der Waals surface area contributed by atoms with Gasteiger partial charge in [0.25, 0.3) is 0 Å². The lowest BCUT2D eigenvalue weighted by atomic mass is 10.1. The summed E-state index contributed by atoms with van der Waals surface area (Å²) in [6, 6.07) is 0. The summed E-state index contributed by atoms with van der Waals surface area (Å²) in [5.41, 5.74) is 0. The first kappa shape index (κ1) is 13.1. The summed E-state index contributed by atoms with van der Waals surface area (Å²) in [4.78, 5) is 1.43. The molecule has 2 aliphatic heterocycles. The number of piperidine rings is 1. The van der Waals surface area contributed by atoms with Crippen molar-refractivity contribution >= 4 is 0 Å². The molecule has 2 fully saturated rings. The minimum absolute atomic E-state index is 0.0257. The molecule has 0 aromatic rings. The topological polar surface area (TPSA) is 24.5 Å². The van der Waals surface area contributed by atoms with Crippen molar-refractivity contribution in [3.05, 3.63) is 0 Å². The zero-order valence-electron chi connectivity index (χ0n) is 9.80. The first-order valence-corrected chi connectivity index (χ1v) is 6.18. The third-order valence-corrected chi connectivity index (χ3v) is 3.27. The molecule has 3 nitrogen and oxygen atoms in total. The van der Waals surface area contributed by atoms with E-state index in [2.05, 4.69) is 5.32 Å². The molecule has 2 rings (SSSR count). The molecule has 0 spiro atoms. The lowest BCUT2D eigenvalue weighted by Gasteiger charge is -2.26. The summed E-state index contributed by atoms with van der Waals surface area (Å²) in [7, 11) is 0. The Kier molecular flexibility index (Phi) is 4.27. The molecule has 0 bridgehead atoms. The van der Waals surface area contributed by atoms with Gasteiger partial charge in [-0.05, 0) is 25.8 Å². The number of ether oxygens (including phenoxy) is 1. The average molecular weight is 252 g/mol. The van der Waals surface area contributed by atoms with Crippen molar-refractivity contribution in [3.63, 3.8) is 0 Å². The van der Waals surface area contributed by atoms with E-state index in [9.17, 15) is 13.2 Å². The first-order chi connectivity index (χ1) is 8.03. The number of nitrogens with one attached hydrogen (secondary N) is 1. The molecular formula is C11H19F3N2O. The van der Waals surface area contributed by atoms with Gasteiger partial charge in [-0.3, -0.25) is 4.90 Å². The fraction of sp³-hybridized carbons (Fsp3) is 1.00. The monoisotopic (exact) mass is 252 g/mol. The number of rotatable bonds is 3. The molecule has 1 N–H and O–H groups in total. The van der Waals surface area contributed by atoms with Gasteiger partial charge in [-0.15, -0.1) is 0 Å². The molecule has 17 heavy (non-hydrogen) atoms. The van der Waals surface area contributed by atoms with Gasteiger partial charge >= 0.3 is 6.18 Å². The maximum atomic E-state index is 12.2. The molecule has 0 saturated carbocycles. The van der Waals surface area contributed by atoms with Crippen LogP contribution in [0.3, 0.4) is 0 Å². The zero-order valence-corrected chi connectivity index (χ0v) is 9.80. The van der Waals surface area contributed by atoms with Crippen LogP contribution in [-0.2, 0) is 4.74 Å². The van der Waals surface area contributed by atoms with Gasteiger partial charge in [0.15, 0.2) is 0 Å². The van der Waals surface area contributed by atoms with Crippen LogP contribution in [0.15, 0.2) is 0 Å². The molecule has 0 amide bonds. The van der Waals surface area contributed by atoms with Crippen molar-refractivity contribution in [1.29, 1.82) is 0 Å². The maximum absolute atomic E-state index is 12.2. The van der Waals surface area contributed by atoms with E-state index in [1.807, 2.05) is 0 Å². The van der Waals surface area contributed by atoms with Crippen LogP contribution in [0, 0.1) is 0 Å². The number of likely N-dealkylation sites (tertiary alicyclic amines) is 1. The summed E-state index contributed by atoms with van der Waals surface area (Å²) in [6.07, 6.45) is -1.12. The van der Waals surface area contributed by atoms with Crippen molar-refractivity contribution in [3.8, 4) is 0 Å². The highest BCUT2D eigenvalue weighted by molar-refractivity contribution is 4.80. The van der Waals surface area contributed by atoms with Crippen molar-refractivity contribution < 1.29 is 17.9 Å². The van der Waals surface area contributed by atoms with E-state index in [0.717, 1.165) is 25.9 Å². The minimum atomic E-state index is -4.10. The minimum Gasteiger partial charge on any atom is -0.372 e. The van der Waals surface area contributed by atoms with Gasteiger partial charge in [0.2, 0.25) is 0 Å². The van der Waals surface area contributed by atoms with Crippen LogP contribution < -0.4 is 5.32 Å². The Balaban J connectivity index is 1.70. The number of halogens is 3. The van der Waals surface area contributed by atoms with Crippen molar-refractivity contribution in [2.24, 2.45) is 0 Å². The molecule has 2 aliphatic rings. The Bertz CT molecular complexity index is 241. The molecule has 2 unspecified atom stereocenters. The summed E-state index contributed by atoms with van der Waals surface area (Å²) in [5.74, 6) is 0. The van der Waals surface area contributed by atoms with Gasteiger partial charge < -0.3 is 10.1 Å². The molecule has 0 radical (unpaired) electrons. The molecule has 0 aliphatic carbocycles. The Morgan fingerprint density at radius 1 is 1.24 bits per heavy atom. The molecule has 0 aromatic carbocycles. The smallest absolute Gasteiger partial charge is 0.372 e. The highest BCUT2D eigenvalue weighted by Crippen LogP contribution is 2.22. The van der Waals surface area contributed by atoms with Crippen molar-refractivity contribution in [1.82, 2.24) is 10.2 Å². The van der Waals surface area contributed by atoms with Gasteiger partial charge in [-0.2, -0.15) is 13.2 Å². The third kappa shape index (κ3) is 4.44. The summed E-state index contributed by atoms with van der Waals surface area (Å²) >= 11 is 0. The number of hydrogen-bond acceptors (Lipinski definition) is 3. The highest BCUT2D eigenvalue weighted by Gasteiger charge is 2.35. The van der Waals surface area contributed by atoms with Crippen molar-refractivity contribution in [2.75, 3.05) is 32.7 Å². The van der Waals surface area contributed by atoms with Crippen LogP contribution in [0.1, 0.15) is 19.3 Å². The van der Waals surface area contributed by atoms with E-state index >= 15 is 0 Å². The SMILES string of the molecule is FC(F)(F)CN1CCC(OC2CCCNC2)C1. The summed E-state index contributed by atoms with van der Waals surface area (Å²) in [6.45, 7) is 1.94. The molecule has 6 heteroatoms. The molecule has 100 valence electrons. The van der Waals surface area contributed by atoms with E-state index in [1.54, 1.807) is 0 Å². The van der Waals surface area contributed by atoms with Gasteiger partial charge in [0, 0.05) is 19.6 Å². The quantitative estimate of drug-likeness (QED) is 0.821. The van der Waals surface area contributed by atoms with E-state index in [-0.39, 0.29) is 12.2 Å². The standard InChI is InChI=1S/C11H19F3N2O/c12-11(13,14)8-16-5-3-10(7-16)17-9-2-1-4-15-6-9/h9-10,15H,1-8H2. The predicted octanol–water partition coefficient (Wildman–Crippen LogP) is 1.39. The van der Waals surface area contributed by atoms with Crippen LogP contribution in [0.25, 0.3) is 0 Å². The molecule has 2 saturated heterocycles. The normalized spacial score (nSPS) is 31.9. The second-order valence-electron chi connectivity index (χ2n) is 4.87. The maximum Gasteiger partial charge on any atom is 0.401 e. The summed E-state index contributed by atoms with van der Waals surface area (Å²) in [5, 5.41) is 3.24. The number of nitrogens with zero attached hydrogens (tertiary/aromatic N) is 1. The second kappa shape index (κ2) is 5.54. The van der Waals surface area contributed by atoms with Gasteiger partial charge in [-0.25, -0.2) is 0 Å². The number of alkyl halides is 3. The van der Waals surface area contributed by atoms with Crippen LogP contribution in [-0.4, -0.2) is 56.0 Å². The molecule has 2 heterocycles. The molecule has 0 aromatic heterocycles. The third-order valence-electron chi connectivity index (χ3n) is 3.27. The lowest BCUT2D eigenvalue weighted by molar-refractivity contribution is -0.144. The van der Waals surface area contributed by atoms with E-state index in [0.29, 0.717) is 19.5 Å². The molecular weight excluding hydrogens is 233 g/mol. The highest BCUT2D eigenvalue weighted by atomic mass is 19.4. The largest absolute Gasteiger partial charge is 0.401 e. The van der Waals surface area contributed by atoms with Crippen LogP contribution in [0.2, 0.25) is 0 Å². The van der Waals surface area contributed by atoms with Crippen LogP contribution in [0.4, 0.5) is 13.2 Å². The Hall–Kier alpha value is -0.330. The fourth-order valence-electron chi connectivity index (χ4n) is 2.51.